The van der Waals surface area contributed by atoms with Crippen LogP contribution in [-0.2, 0) is 23.5 Å². The van der Waals surface area contributed by atoms with Crippen molar-refractivity contribution in [2.24, 2.45) is 7.05 Å². The van der Waals surface area contributed by atoms with E-state index < -0.39 is 10.0 Å². The molecule has 0 radical (unpaired) electrons. The minimum atomic E-state index is -3.76. The Kier molecular flexibility index (Phi) is 8.02. The molecule has 5 rings (SSSR count). The third-order valence-corrected chi connectivity index (χ3v) is 8.97. The summed E-state index contributed by atoms with van der Waals surface area (Å²) in [7, 11) is -0.147. The smallest absolute Gasteiger partial charge is 0.280 e. The van der Waals surface area contributed by atoms with Gasteiger partial charge in [-0.05, 0) is 50.2 Å². The second-order valence-electron chi connectivity index (χ2n) is 10.0. The quantitative estimate of drug-likeness (QED) is 0.304. The zero-order valence-corrected chi connectivity index (χ0v) is 24.2. The molecule has 1 aromatic carbocycles. The summed E-state index contributed by atoms with van der Waals surface area (Å²) in [6.45, 7) is 6.63. The highest BCUT2D eigenvalue weighted by molar-refractivity contribution is 7.89. The largest absolute Gasteiger partial charge is 0.493 e. The van der Waals surface area contributed by atoms with Crippen molar-refractivity contribution in [3.8, 4) is 23.0 Å². The number of fused-ring (bicyclic) bond motifs is 1. The van der Waals surface area contributed by atoms with Crippen molar-refractivity contribution in [2.45, 2.75) is 38.0 Å². The van der Waals surface area contributed by atoms with E-state index in [1.165, 1.54) is 8.87 Å². The molecule has 11 nitrogen and oxygen atoms in total. The topological polar surface area (TPSA) is 115 Å². The lowest BCUT2D eigenvalue weighted by molar-refractivity contribution is 0.222. The van der Waals surface area contributed by atoms with E-state index in [-0.39, 0.29) is 10.5 Å². The first-order valence-corrected chi connectivity index (χ1v) is 15.1. The summed E-state index contributed by atoms with van der Waals surface area (Å²) in [6, 6.07) is 10.2. The van der Waals surface area contributed by atoms with Gasteiger partial charge < -0.3 is 9.64 Å². The van der Waals surface area contributed by atoms with Crippen LogP contribution in [0.2, 0.25) is 0 Å². The molecule has 1 fully saturated rings. The first-order chi connectivity index (χ1) is 19.3. The van der Waals surface area contributed by atoms with Crippen LogP contribution in [0.3, 0.4) is 0 Å². The number of aryl methyl sites for hydroxylation is 1. The van der Waals surface area contributed by atoms with Gasteiger partial charge in [-0.15, -0.1) is 0 Å². The van der Waals surface area contributed by atoms with Gasteiger partial charge in [-0.3, -0.25) is 9.36 Å². The Balaban J connectivity index is 1.71. The molecule has 0 amide bonds. The Morgan fingerprint density at radius 3 is 2.45 bits per heavy atom. The summed E-state index contributed by atoms with van der Waals surface area (Å²) in [6.07, 6.45) is 3.85. The summed E-state index contributed by atoms with van der Waals surface area (Å²) < 4.78 is 37.8. The van der Waals surface area contributed by atoms with E-state index in [0.717, 1.165) is 12.8 Å². The molecule has 0 atom stereocenters. The lowest BCUT2D eigenvalue weighted by Gasteiger charge is -2.31. The van der Waals surface area contributed by atoms with Gasteiger partial charge >= 0.3 is 0 Å². The number of hydrogen-bond acceptors (Lipinski definition) is 8. The molecule has 40 heavy (non-hydrogen) atoms. The van der Waals surface area contributed by atoms with Crippen molar-refractivity contribution < 1.29 is 13.2 Å². The fourth-order valence-corrected chi connectivity index (χ4v) is 6.30. The van der Waals surface area contributed by atoms with Gasteiger partial charge in [-0.2, -0.15) is 9.40 Å². The van der Waals surface area contributed by atoms with Gasteiger partial charge in [0.05, 0.1) is 22.8 Å². The number of benzene rings is 1. The van der Waals surface area contributed by atoms with Crippen molar-refractivity contribution >= 4 is 21.1 Å². The van der Waals surface area contributed by atoms with Crippen molar-refractivity contribution in [1.82, 2.24) is 33.5 Å². The normalized spacial score (nSPS) is 15.1. The molecule has 0 spiro atoms. The van der Waals surface area contributed by atoms with Crippen LogP contribution in [-0.4, -0.2) is 81.8 Å². The number of nitrogens with zero attached hydrogens (tertiary/aromatic N) is 7. The lowest BCUT2D eigenvalue weighted by Crippen LogP contribution is -2.47. The predicted octanol–water partition coefficient (Wildman–Crippen LogP) is 2.86. The molecule has 0 N–H and O–H groups in total. The second kappa shape index (κ2) is 11.5. The number of rotatable bonds is 9. The Morgan fingerprint density at radius 1 is 1.00 bits per heavy atom. The summed E-state index contributed by atoms with van der Waals surface area (Å²) >= 11 is 0. The van der Waals surface area contributed by atoms with E-state index in [4.69, 9.17) is 14.8 Å². The number of hydrogen-bond donors (Lipinski definition) is 0. The first-order valence-electron chi connectivity index (χ1n) is 13.6. The van der Waals surface area contributed by atoms with Crippen LogP contribution in [0.4, 0.5) is 0 Å². The summed E-state index contributed by atoms with van der Waals surface area (Å²) in [5.41, 5.74) is 1.61. The number of pyridine rings is 1. The van der Waals surface area contributed by atoms with Crippen LogP contribution in [0.25, 0.3) is 28.2 Å². The van der Waals surface area contributed by atoms with Crippen LogP contribution in [0.5, 0.6) is 5.75 Å². The number of likely N-dealkylation sites (N-methyl/N-ethyl adjacent to an activating group) is 1. The van der Waals surface area contributed by atoms with Gasteiger partial charge in [0.15, 0.2) is 11.3 Å². The van der Waals surface area contributed by atoms with Gasteiger partial charge in [0.25, 0.3) is 5.56 Å². The Labute approximate surface area is 234 Å². The van der Waals surface area contributed by atoms with Crippen molar-refractivity contribution in [2.75, 3.05) is 39.8 Å². The number of ether oxygens (including phenoxy) is 1. The summed E-state index contributed by atoms with van der Waals surface area (Å²) in [5.74, 6) is 1.31. The Morgan fingerprint density at radius 2 is 1.77 bits per heavy atom. The number of piperazine rings is 1. The van der Waals surface area contributed by atoms with Crippen molar-refractivity contribution in [3.05, 3.63) is 58.6 Å². The molecule has 0 aliphatic carbocycles. The molecular formula is C28H35N7O4S. The molecule has 1 aliphatic heterocycles. The van der Waals surface area contributed by atoms with E-state index in [2.05, 4.69) is 9.88 Å². The minimum Gasteiger partial charge on any atom is -0.493 e. The summed E-state index contributed by atoms with van der Waals surface area (Å²) in [5, 5.41) is 4.72. The molecule has 1 saturated heterocycles. The average Bonchev–Trinajstić information content (AvgIpc) is 3.33. The fourth-order valence-electron chi connectivity index (χ4n) is 4.85. The average molecular weight is 566 g/mol. The van der Waals surface area contributed by atoms with E-state index >= 15 is 0 Å². The zero-order valence-electron chi connectivity index (χ0n) is 23.4. The van der Waals surface area contributed by atoms with Gasteiger partial charge in [-0.25, -0.2) is 23.1 Å². The van der Waals surface area contributed by atoms with E-state index in [9.17, 15) is 13.2 Å². The highest BCUT2D eigenvalue weighted by atomic mass is 32.2. The maximum atomic E-state index is 13.9. The van der Waals surface area contributed by atoms with E-state index in [1.54, 1.807) is 48.3 Å². The van der Waals surface area contributed by atoms with E-state index in [1.807, 2.05) is 27.0 Å². The van der Waals surface area contributed by atoms with Crippen molar-refractivity contribution in [1.29, 1.82) is 0 Å². The Bertz CT molecular complexity index is 1670. The monoisotopic (exact) mass is 565 g/mol. The molecule has 4 aromatic rings. The number of sulfonamides is 1. The van der Waals surface area contributed by atoms with Gasteiger partial charge in [-0.1, -0.05) is 26.3 Å². The van der Waals surface area contributed by atoms with Gasteiger partial charge in [0.2, 0.25) is 10.0 Å². The molecule has 212 valence electrons. The molecule has 0 bridgehead atoms. The van der Waals surface area contributed by atoms with Gasteiger partial charge in [0.1, 0.15) is 17.1 Å². The lowest BCUT2D eigenvalue weighted by atomic mass is 10.1. The van der Waals surface area contributed by atoms with Crippen LogP contribution in [0, 0.1) is 0 Å². The molecule has 0 unspecified atom stereocenters. The van der Waals surface area contributed by atoms with Crippen LogP contribution in [0.1, 0.15) is 32.4 Å². The third kappa shape index (κ3) is 5.14. The highest BCUT2D eigenvalue weighted by Crippen LogP contribution is 2.33. The van der Waals surface area contributed by atoms with Crippen molar-refractivity contribution in [3.63, 3.8) is 0 Å². The van der Waals surface area contributed by atoms with Crippen LogP contribution >= 0.6 is 0 Å². The van der Waals surface area contributed by atoms with Crippen LogP contribution < -0.4 is 10.3 Å². The molecular weight excluding hydrogens is 530 g/mol. The third-order valence-electron chi connectivity index (χ3n) is 7.08. The van der Waals surface area contributed by atoms with E-state index in [0.29, 0.717) is 78.9 Å². The zero-order chi connectivity index (χ0) is 28.4. The SMILES string of the molecule is CCCOc1ccc(S(=O)(=O)N2CCN(C)CC2)cc1-c1nc2c(CCC)nn(-c3ccccn3)c2c(=O)n1C. The highest BCUT2D eigenvalue weighted by Gasteiger charge is 2.29. The maximum absolute atomic E-state index is 13.9. The molecule has 4 heterocycles. The molecule has 0 saturated carbocycles. The standard InChI is InChI=1S/C28H35N7O4S/c1-5-9-22-25-26(35(31-22)24-10-7-8-13-29-24)28(36)33(4)27(30-25)21-19-20(11-12-23(21)39-18-6-2)40(37,38)34-16-14-32(3)15-17-34/h7-8,10-13,19H,5-6,9,14-18H2,1-4H3. The summed E-state index contributed by atoms with van der Waals surface area (Å²) in [4.78, 5) is 25.5. The molecule has 12 heteroatoms. The second-order valence-corrected chi connectivity index (χ2v) is 11.9. The van der Waals surface area contributed by atoms with Crippen LogP contribution in [0.15, 0.2) is 52.3 Å². The molecule has 1 aliphatic rings. The first kappa shape index (κ1) is 27.9. The number of aromatic nitrogens is 5. The Hall–Kier alpha value is -3.61. The maximum Gasteiger partial charge on any atom is 0.280 e. The minimum absolute atomic E-state index is 0.142. The fraction of sp³-hybridized carbons (Fsp3) is 0.429. The predicted molar refractivity (Wildman–Crippen MR) is 153 cm³/mol. The molecule has 3 aromatic heterocycles. The van der Waals surface area contributed by atoms with Gasteiger partial charge in [0, 0.05) is 39.4 Å².